The number of carbonyl (C=O) groups excluding carboxylic acids is 2. The lowest BCUT2D eigenvalue weighted by Crippen LogP contribution is -2.55. The minimum atomic E-state index is -0.191. The van der Waals surface area contributed by atoms with Crippen molar-refractivity contribution in [3.63, 3.8) is 0 Å². The summed E-state index contributed by atoms with van der Waals surface area (Å²) in [6.45, 7) is 8.63. The van der Waals surface area contributed by atoms with Crippen molar-refractivity contribution in [2.75, 3.05) is 47.7 Å². The van der Waals surface area contributed by atoms with Crippen LogP contribution in [-0.4, -0.2) is 87.5 Å². The lowest BCUT2D eigenvalue weighted by atomic mass is 9.93. The second-order valence-electron chi connectivity index (χ2n) is 10.5. The Kier molecular flexibility index (Phi) is 12.7. The molecule has 0 aliphatic carbocycles. The molecule has 226 valence electrons. The van der Waals surface area contributed by atoms with E-state index in [0.717, 1.165) is 30.6 Å². The summed E-state index contributed by atoms with van der Waals surface area (Å²) in [5.41, 5.74) is 1.67. The molecule has 2 aromatic carbocycles. The average molecular weight is 571 g/mol. The van der Waals surface area contributed by atoms with Gasteiger partial charge in [0.15, 0.2) is 11.5 Å². The van der Waals surface area contributed by atoms with Crippen LogP contribution in [0, 0.1) is 0 Å². The average Bonchev–Trinajstić information content (AvgIpc) is 2.97. The number of piperidine rings is 1. The Labute approximate surface area is 244 Å². The van der Waals surface area contributed by atoms with Crippen molar-refractivity contribution in [1.29, 1.82) is 0 Å². The quantitative estimate of drug-likeness (QED) is 0.220. The molecule has 1 unspecified atom stereocenters. The minimum Gasteiger partial charge on any atom is -0.497 e. The molecule has 0 saturated carbocycles. The van der Waals surface area contributed by atoms with Gasteiger partial charge in [-0.2, -0.15) is 0 Å². The van der Waals surface area contributed by atoms with Crippen LogP contribution < -0.4 is 14.2 Å². The molecule has 2 atom stereocenters. The molecule has 3 rings (SSSR count). The third kappa shape index (κ3) is 9.10. The smallest absolute Gasteiger partial charge is 0.307 e. The molecule has 9 heteroatoms. The molecule has 1 fully saturated rings. The number of nitrogens with zero attached hydrogens (tertiary/aromatic N) is 2. The van der Waals surface area contributed by atoms with Crippen LogP contribution in [0.15, 0.2) is 42.5 Å². The van der Waals surface area contributed by atoms with Gasteiger partial charge < -0.3 is 28.6 Å². The van der Waals surface area contributed by atoms with E-state index in [4.69, 9.17) is 23.7 Å². The van der Waals surface area contributed by atoms with Crippen LogP contribution in [0.25, 0.3) is 0 Å². The molecule has 9 nitrogen and oxygen atoms in total. The lowest BCUT2D eigenvalue weighted by molar-refractivity contribution is -0.145. The van der Waals surface area contributed by atoms with Crippen molar-refractivity contribution in [1.82, 2.24) is 9.80 Å². The monoisotopic (exact) mass is 570 g/mol. The molecule has 0 aromatic heterocycles. The first kappa shape index (κ1) is 32.2. The number of ether oxygens (including phenoxy) is 5. The summed E-state index contributed by atoms with van der Waals surface area (Å²) in [7, 11) is 4.89. The molecule has 1 amide bonds. The van der Waals surface area contributed by atoms with Gasteiger partial charge in [-0.15, -0.1) is 0 Å². The highest BCUT2D eigenvalue weighted by Gasteiger charge is 2.36. The van der Waals surface area contributed by atoms with Gasteiger partial charge >= 0.3 is 5.97 Å². The SMILES string of the molecule is CCOC(=O)C[C@H]1CCC(N(C(=O)c2ccc(OC)c(OCCCOC)c2)C(C)C)CN1Cc1ccc(OC)cc1. The molecule has 1 saturated heterocycles. The molecule has 0 bridgehead atoms. The minimum absolute atomic E-state index is 0.0210. The second kappa shape index (κ2) is 16.2. The van der Waals surface area contributed by atoms with Gasteiger partial charge in [0.25, 0.3) is 5.91 Å². The molecule has 1 aliphatic rings. The van der Waals surface area contributed by atoms with Gasteiger partial charge in [-0.1, -0.05) is 12.1 Å². The highest BCUT2D eigenvalue weighted by molar-refractivity contribution is 5.95. The van der Waals surface area contributed by atoms with Crippen LogP contribution in [-0.2, 0) is 20.8 Å². The fraction of sp³-hybridized carbons (Fsp3) is 0.562. The zero-order valence-corrected chi connectivity index (χ0v) is 25.4. The van der Waals surface area contributed by atoms with Gasteiger partial charge in [0, 0.05) is 56.9 Å². The summed E-state index contributed by atoms with van der Waals surface area (Å²) in [5.74, 6) is 1.68. The summed E-state index contributed by atoms with van der Waals surface area (Å²) in [6, 6.07) is 13.3. The van der Waals surface area contributed by atoms with Gasteiger partial charge in [-0.25, -0.2) is 0 Å². The summed E-state index contributed by atoms with van der Waals surface area (Å²) in [4.78, 5) is 30.7. The largest absolute Gasteiger partial charge is 0.497 e. The number of likely N-dealkylation sites (tertiary alicyclic amines) is 1. The van der Waals surface area contributed by atoms with Gasteiger partial charge in [0.1, 0.15) is 5.75 Å². The predicted octanol–water partition coefficient (Wildman–Crippen LogP) is 4.96. The number of carbonyl (C=O) groups is 2. The maximum atomic E-state index is 14.0. The third-order valence-electron chi connectivity index (χ3n) is 7.39. The van der Waals surface area contributed by atoms with E-state index < -0.39 is 0 Å². The molecule has 1 aliphatic heterocycles. The van der Waals surface area contributed by atoms with E-state index in [1.807, 2.05) is 49.9 Å². The summed E-state index contributed by atoms with van der Waals surface area (Å²) in [5, 5.41) is 0. The zero-order chi connectivity index (χ0) is 29.8. The number of benzene rings is 2. The second-order valence-corrected chi connectivity index (χ2v) is 10.5. The van der Waals surface area contributed by atoms with Crippen LogP contribution in [0.3, 0.4) is 0 Å². The number of rotatable bonds is 15. The molecular weight excluding hydrogens is 524 g/mol. The zero-order valence-electron chi connectivity index (χ0n) is 25.4. The Morgan fingerprint density at radius 3 is 2.37 bits per heavy atom. The fourth-order valence-corrected chi connectivity index (χ4v) is 5.39. The predicted molar refractivity (Wildman–Crippen MR) is 158 cm³/mol. The first-order valence-corrected chi connectivity index (χ1v) is 14.5. The van der Waals surface area contributed by atoms with Gasteiger partial charge in [0.2, 0.25) is 0 Å². The van der Waals surface area contributed by atoms with Crippen molar-refractivity contribution in [2.24, 2.45) is 0 Å². The maximum absolute atomic E-state index is 14.0. The van der Waals surface area contributed by atoms with Crippen LogP contribution in [0.5, 0.6) is 17.2 Å². The van der Waals surface area contributed by atoms with E-state index in [0.29, 0.717) is 56.4 Å². The Morgan fingerprint density at radius 1 is 0.976 bits per heavy atom. The van der Waals surface area contributed by atoms with Crippen molar-refractivity contribution < 1.29 is 33.3 Å². The highest BCUT2D eigenvalue weighted by atomic mass is 16.5. The van der Waals surface area contributed by atoms with Crippen molar-refractivity contribution in [3.05, 3.63) is 53.6 Å². The molecular formula is C32H46N2O7. The maximum Gasteiger partial charge on any atom is 0.307 e. The standard InChI is InChI=1S/C32H46N2O7/c1-7-40-31(35)20-26-12-13-27(22-33(26)21-24-9-14-28(38-5)15-10-24)34(23(2)3)32(36)25-11-16-29(39-6)30(19-25)41-18-8-17-37-4/h9-11,14-16,19,23,26-27H,7-8,12-13,17-18,20-22H2,1-6H3/t26-,27?/m1/s1. The summed E-state index contributed by atoms with van der Waals surface area (Å²) in [6.07, 6.45) is 2.64. The Balaban J connectivity index is 1.82. The topological polar surface area (TPSA) is 86.8 Å². The van der Waals surface area contributed by atoms with Crippen molar-refractivity contribution in [2.45, 2.75) is 71.1 Å². The molecule has 0 N–H and O–H groups in total. The number of methoxy groups -OCH3 is 3. The normalized spacial score (nSPS) is 17.2. The molecule has 1 heterocycles. The first-order chi connectivity index (χ1) is 19.8. The van der Waals surface area contributed by atoms with E-state index >= 15 is 0 Å². The van der Waals surface area contributed by atoms with E-state index in [9.17, 15) is 9.59 Å². The van der Waals surface area contributed by atoms with Crippen molar-refractivity contribution in [3.8, 4) is 17.2 Å². The van der Waals surface area contributed by atoms with E-state index in [1.165, 1.54) is 0 Å². The molecule has 0 spiro atoms. The van der Waals surface area contributed by atoms with Crippen LogP contribution in [0.1, 0.15) is 62.4 Å². The lowest BCUT2D eigenvalue weighted by Gasteiger charge is -2.45. The van der Waals surface area contributed by atoms with E-state index in [2.05, 4.69) is 4.90 Å². The Hall–Kier alpha value is -3.30. The third-order valence-corrected chi connectivity index (χ3v) is 7.39. The van der Waals surface area contributed by atoms with Gasteiger partial charge in [-0.05, 0) is 69.5 Å². The van der Waals surface area contributed by atoms with Gasteiger partial charge in [0.05, 0.1) is 33.9 Å². The van der Waals surface area contributed by atoms with E-state index in [-0.39, 0.29) is 30.0 Å². The number of hydrogen-bond acceptors (Lipinski definition) is 8. The van der Waals surface area contributed by atoms with Gasteiger partial charge in [-0.3, -0.25) is 14.5 Å². The van der Waals surface area contributed by atoms with Crippen LogP contribution in [0.4, 0.5) is 0 Å². The molecule has 41 heavy (non-hydrogen) atoms. The number of amides is 1. The highest BCUT2D eigenvalue weighted by Crippen LogP contribution is 2.32. The Bertz CT molecular complexity index is 1110. The van der Waals surface area contributed by atoms with Crippen molar-refractivity contribution >= 4 is 11.9 Å². The molecule has 0 radical (unpaired) electrons. The number of esters is 1. The summed E-state index contributed by atoms with van der Waals surface area (Å²) >= 11 is 0. The fourth-order valence-electron chi connectivity index (χ4n) is 5.39. The first-order valence-electron chi connectivity index (χ1n) is 14.5. The molecule has 2 aromatic rings. The summed E-state index contributed by atoms with van der Waals surface area (Å²) < 4.78 is 27.1. The Morgan fingerprint density at radius 2 is 1.73 bits per heavy atom. The van der Waals surface area contributed by atoms with Crippen LogP contribution >= 0.6 is 0 Å². The van der Waals surface area contributed by atoms with Crippen LogP contribution in [0.2, 0.25) is 0 Å². The number of hydrogen-bond donors (Lipinski definition) is 0. The van der Waals surface area contributed by atoms with E-state index in [1.54, 1.807) is 39.5 Å².